The van der Waals surface area contributed by atoms with Crippen LogP contribution in [0, 0.1) is 12.8 Å². The van der Waals surface area contributed by atoms with Gasteiger partial charge >= 0.3 is 5.97 Å². The average molecular weight is 334 g/mol. The molecule has 1 atom stereocenters. The number of benzene rings is 1. The predicted octanol–water partition coefficient (Wildman–Crippen LogP) is 2.38. The van der Waals surface area contributed by atoms with Gasteiger partial charge in [-0.1, -0.05) is 11.6 Å². The fraction of sp³-hybridized carbons (Fsp3) is 0.312. The molecule has 3 rings (SSSR count). The molecule has 7 heteroatoms. The normalized spacial score (nSPS) is 17.5. The van der Waals surface area contributed by atoms with Gasteiger partial charge in [0.1, 0.15) is 0 Å². The number of carboxylic acid groups (broad SMARTS) is 1. The van der Waals surface area contributed by atoms with Crippen LogP contribution in [0.25, 0.3) is 5.69 Å². The molecule has 23 heavy (non-hydrogen) atoms. The van der Waals surface area contributed by atoms with E-state index in [2.05, 4.69) is 5.10 Å². The molecule has 1 aliphatic heterocycles. The number of carbonyl (C=O) groups is 2. The van der Waals surface area contributed by atoms with Gasteiger partial charge in [0, 0.05) is 24.3 Å². The number of halogens is 1. The molecular weight excluding hydrogens is 318 g/mol. The summed E-state index contributed by atoms with van der Waals surface area (Å²) in [5, 5.41) is 14.0. The molecule has 1 amide bonds. The molecule has 0 saturated carbocycles. The molecule has 6 nitrogen and oxygen atoms in total. The van der Waals surface area contributed by atoms with Crippen molar-refractivity contribution in [3.8, 4) is 5.69 Å². The summed E-state index contributed by atoms with van der Waals surface area (Å²) in [5.74, 6) is -1.51. The van der Waals surface area contributed by atoms with Crippen LogP contribution in [-0.4, -0.2) is 44.8 Å². The van der Waals surface area contributed by atoms with E-state index in [0.717, 1.165) is 5.69 Å². The van der Waals surface area contributed by atoms with Crippen molar-refractivity contribution in [1.29, 1.82) is 0 Å². The van der Waals surface area contributed by atoms with Crippen molar-refractivity contribution >= 4 is 23.5 Å². The second-order valence-corrected chi connectivity index (χ2v) is 6.06. The number of aryl methyl sites for hydroxylation is 1. The molecule has 0 bridgehead atoms. The molecule has 1 saturated heterocycles. The Hall–Kier alpha value is -2.34. The van der Waals surface area contributed by atoms with Crippen LogP contribution >= 0.6 is 11.6 Å². The Kier molecular flexibility index (Phi) is 4.09. The molecule has 120 valence electrons. The lowest BCUT2D eigenvalue weighted by Gasteiger charge is -2.14. The third-order valence-corrected chi connectivity index (χ3v) is 4.30. The lowest BCUT2D eigenvalue weighted by atomic mass is 10.1. The standard InChI is InChI=1S/C16H16ClN3O3/c1-10-14(15(21)19-7-6-11(8-19)16(22)23)9-20(18-10)13-4-2-12(17)3-5-13/h2-5,9,11H,6-8H2,1H3,(H,22,23)/t11-/m1/s1. The molecular formula is C16H16ClN3O3. The smallest absolute Gasteiger partial charge is 0.308 e. The van der Waals surface area contributed by atoms with Crippen molar-refractivity contribution in [3.63, 3.8) is 0 Å². The topological polar surface area (TPSA) is 75.4 Å². The Balaban J connectivity index is 1.82. The number of amides is 1. The third-order valence-electron chi connectivity index (χ3n) is 4.05. The Morgan fingerprint density at radius 2 is 2.00 bits per heavy atom. The summed E-state index contributed by atoms with van der Waals surface area (Å²) in [6.07, 6.45) is 2.17. The van der Waals surface area contributed by atoms with Crippen molar-refractivity contribution in [1.82, 2.24) is 14.7 Å². The van der Waals surface area contributed by atoms with Gasteiger partial charge in [0.05, 0.1) is 22.9 Å². The second kappa shape index (κ2) is 6.04. The van der Waals surface area contributed by atoms with Crippen LogP contribution in [0.5, 0.6) is 0 Å². The van der Waals surface area contributed by atoms with Crippen LogP contribution in [0.4, 0.5) is 0 Å². The number of likely N-dealkylation sites (tertiary alicyclic amines) is 1. The van der Waals surface area contributed by atoms with Crippen LogP contribution in [0.15, 0.2) is 30.5 Å². The molecule has 0 aliphatic carbocycles. The van der Waals surface area contributed by atoms with Gasteiger partial charge in [-0.05, 0) is 37.6 Å². The summed E-state index contributed by atoms with van der Waals surface area (Å²) in [6.45, 7) is 2.48. The van der Waals surface area contributed by atoms with Gasteiger partial charge < -0.3 is 10.0 Å². The van der Waals surface area contributed by atoms with Crippen molar-refractivity contribution in [2.24, 2.45) is 5.92 Å². The number of nitrogens with zero attached hydrogens (tertiary/aromatic N) is 3. The van der Waals surface area contributed by atoms with Crippen molar-refractivity contribution < 1.29 is 14.7 Å². The third kappa shape index (κ3) is 3.07. The zero-order chi connectivity index (χ0) is 16.6. The maximum absolute atomic E-state index is 12.6. The molecule has 1 fully saturated rings. The number of aliphatic carboxylic acids is 1. The molecule has 1 aromatic heterocycles. The van der Waals surface area contributed by atoms with Crippen LogP contribution in [0.1, 0.15) is 22.5 Å². The monoisotopic (exact) mass is 333 g/mol. The molecule has 1 N–H and O–H groups in total. The van der Waals surface area contributed by atoms with Crippen LogP contribution in [0.2, 0.25) is 5.02 Å². The summed E-state index contributed by atoms with van der Waals surface area (Å²) >= 11 is 5.87. The van der Waals surface area contributed by atoms with E-state index in [0.29, 0.717) is 29.2 Å². The Labute approximate surface area is 138 Å². The Bertz CT molecular complexity index is 754. The Morgan fingerprint density at radius 1 is 1.30 bits per heavy atom. The van der Waals surface area contributed by atoms with Gasteiger partial charge in [-0.25, -0.2) is 4.68 Å². The van der Waals surface area contributed by atoms with E-state index in [1.807, 2.05) is 12.1 Å². The molecule has 0 radical (unpaired) electrons. The first kappa shape index (κ1) is 15.6. The summed E-state index contributed by atoms with van der Waals surface area (Å²) in [6, 6.07) is 7.15. The van der Waals surface area contributed by atoms with Crippen LogP contribution < -0.4 is 0 Å². The van der Waals surface area contributed by atoms with E-state index >= 15 is 0 Å². The van der Waals surface area contributed by atoms with E-state index in [1.54, 1.807) is 34.8 Å². The zero-order valence-electron chi connectivity index (χ0n) is 12.6. The zero-order valence-corrected chi connectivity index (χ0v) is 13.3. The number of carbonyl (C=O) groups excluding carboxylic acids is 1. The molecule has 1 aliphatic rings. The number of hydrogen-bond acceptors (Lipinski definition) is 3. The maximum atomic E-state index is 12.6. The fourth-order valence-corrected chi connectivity index (χ4v) is 2.84. The molecule has 2 aromatic rings. The van der Waals surface area contributed by atoms with Gasteiger partial charge in [0.2, 0.25) is 0 Å². The van der Waals surface area contributed by atoms with Gasteiger partial charge in [0.15, 0.2) is 0 Å². The average Bonchev–Trinajstić information content (AvgIpc) is 3.14. The number of rotatable bonds is 3. The summed E-state index contributed by atoms with van der Waals surface area (Å²) in [4.78, 5) is 25.2. The predicted molar refractivity (Wildman–Crippen MR) is 85.0 cm³/mol. The van der Waals surface area contributed by atoms with E-state index in [-0.39, 0.29) is 12.5 Å². The minimum Gasteiger partial charge on any atom is -0.481 e. The van der Waals surface area contributed by atoms with E-state index in [9.17, 15) is 9.59 Å². The highest BCUT2D eigenvalue weighted by molar-refractivity contribution is 6.30. The van der Waals surface area contributed by atoms with Crippen LogP contribution in [-0.2, 0) is 4.79 Å². The SMILES string of the molecule is Cc1nn(-c2ccc(Cl)cc2)cc1C(=O)N1CC[C@@H](C(=O)O)C1. The van der Waals surface area contributed by atoms with Crippen molar-refractivity contribution in [2.45, 2.75) is 13.3 Å². The highest BCUT2D eigenvalue weighted by Gasteiger charge is 2.32. The van der Waals surface area contributed by atoms with Gasteiger partial charge in [0.25, 0.3) is 5.91 Å². The van der Waals surface area contributed by atoms with Crippen molar-refractivity contribution in [3.05, 3.63) is 46.7 Å². The number of carboxylic acids is 1. The highest BCUT2D eigenvalue weighted by Crippen LogP contribution is 2.21. The first-order valence-electron chi connectivity index (χ1n) is 7.30. The largest absolute Gasteiger partial charge is 0.481 e. The minimum atomic E-state index is -0.853. The van der Waals surface area contributed by atoms with Gasteiger partial charge in [-0.2, -0.15) is 5.10 Å². The fourth-order valence-electron chi connectivity index (χ4n) is 2.71. The highest BCUT2D eigenvalue weighted by atomic mass is 35.5. The minimum absolute atomic E-state index is 0.175. The maximum Gasteiger partial charge on any atom is 0.308 e. The quantitative estimate of drug-likeness (QED) is 0.935. The molecule has 0 unspecified atom stereocenters. The van der Waals surface area contributed by atoms with E-state index in [4.69, 9.17) is 16.7 Å². The molecule has 1 aromatic carbocycles. The first-order chi connectivity index (χ1) is 11.0. The number of aromatic nitrogens is 2. The molecule has 0 spiro atoms. The summed E-state index contributed by atoms with van der Waals surface area (Å²) in [7, 11) is 0. The lowest BCUT2D eigenvalue weighted by molar-refractivity contribution is -0.141. The lowest BCUT2D eigenvalue weighted by Crippen LogP contribution is -2.30. The van der Waals surface area contributed by atoms with Gasteiger partial charge in [-0.3, -0.25) is 9.59 Å². The van der Waals surface area contributed by atoms with E-state index in [1.165, 1.54) is 0 Å². The summed E-state index contributed by atoms with van der Waals surface area (Å²) in [5.41, 5.74) is 1.91. The summed E-state index contributed by atoms with van der Waals surface area (Å²) < 4.78 is 1.63. The second-order valence-electron chi connectivity index (χ2n) is 5.62. The van der Waals surface area contributed by atoms with Gasteiger partial charge in [-0.15, -0.1) is 0 Å². The van der Waals surface area contributed by atoms with Crippen LogP contribution in [0.3, 0.4) is 0 Å². The van der Waals surface area contributed by atoms with Crippen molar-refractivity contribution in [2.75, 3.05) is 13.1 Å². The first-order valence-corrected chi connectivity index (χ1v) is 7.68. The van der Waals surface area contributed by atoms with E-state index < -0.39 is 11.9 Å². The number of hydrogen-bond donors (Lipinski definition) is 1. The Morgan fingerprint density at radius 3 is 2.61 bits per heavy atom. The molecule has 2 heterocycles.